The second kappa shape index (κ2) is 6.26. The van der Waals surface area contributed by atoms with E-state index in [-0.39, 0.29) is 0 Å². The second-order valence-corrected chi connectivity index (χ2v) is 4.22. The SMILES string of the molecule is CC(Oc1ccc(Cl)cc1)C(=O)N[C@@H](C)C(=O)O. The van der Waals surface area contributed by atoms with E-state index < -0.39 is 24.0 Å². The largest absolute Gasteiger partial charge is 0.481 e. The summed E-state index contributed by atoms with van der Waals surface area (Å²) in [6.07, 6.45) is -0.784. The minimum atomic E-state index is -1.10. The Morgan fingerprint density at radius 1 is 1.28 bits per heavy atom. The van der Waals surface area contributed by atoms with Gasteiger partial charge in [0, 0.05) is 5.02 Å². The molecule has 0 radical (unpaired) electrons. The fraction of sp³-hybridized carbons (Fsp3) is 0.333. The van der Waals surface area contributed by atoms with Gasteiger partial charge in [-0.25, -0.2) is 0 Å². The summed E-state index contributed by atoms with van der Waals surface area (Å²) < 4.78 is 5.35. The topological polar surface area (TPSA) is 75.6 Å². The highest BCUT2D eigenvalue weighted by Gasteiger charge is 2.20. The van der Waals surface area contributed by atoms with Crippen LogP contribution in [0.2, 0.25) is 5.02 Å². The first-order valence-electron chi connectivity index (χ1n) is 5.35. The maximum atomic E-state index is 11.6. The van der Waals surface area contributed by atoms with E-state index in [1.165, 1.54) is 6.92 Å². The number of benzene rings is 1. The summed E-state index contributed by atoms with van der Waals surface area (Å²) in [5.74, 6) is -1.09. The third-order valence-corrected chi connectivity index (χ3v) is 2.48. The molecule has 6 heteroatoms. The molecule has 2 atom stereocenters. The smallest absolute Gasteiger partial charge is 0.325 e. The highest BCUT2D eigenvalue weighted by Crippen LogP contribution is 2.16. The van der Waals surface area contributed by atoms with Crippen molar-refractivity contribution >= 4 is 23.5 Å². The first-order chi connectivity index (χ1) is 8.40. The molecule has 0 aromatic heterocycles. The lowest BCUT2D eigenvalue weighted by Crippen LogP contribution is -2.44. The van der Waals surface area contributed by atoms with E-state index in [1.807, 2.05) is 0 Å². The molecule has 1 unspecified atom stereocenters. The number of nitrogens with one attached hydrogen (secondary N) is 1. The number of hydrogen-bond acceptors (Lipinski definition) is 3. The molecule has 98 valence electrons. The number of carbonyl (C=O) groups is 2. The van der Waals surface area contributed by atoms with Gasteiger partial charge in [0.05, 0.1) is 0 Å². The zero-order valence-corrected chi connectivity index (χ0v) is 10.8. The maximum Gasteiger partial charge on any atom is 0.325 e. The fourth-order valence-corrected chi connectivity index (χ4v) is 1.29. The molecule has 1 amide bonds. The number of ether oxygens (including phenoxy) is 1. The van der Waals surface area contributed by atoms with Crippen LogP contribution in [-0.2, 0) is 9.59 Å². The summed E-state index contributed by atoms with van der Waals surface area (Å²) in [5, 5.41) is 11.6. The minimum absolute atomic E-state index is 0.486. The molecule has 0 saturated carbocycles. The van der Waals surface area contributed by atoms with Gasteiger partial charge >= 0.3 is 5.97 Å². The van der Waals surface area contributed by atoms with Gasteiger partial charge in [-0.2, -0.15) is 0 Å². The molecule has 5 nitrogen and oxygen atoms in total. The molecule has 18 heavy (non-hydrogen) atoms. The fourth-order valence-electron chi connectivity index (χ4n) is 1.16. The van der Waals surface area contributed by atoms with Crippen LogP contribution in [0.25, 0.3) is 0 Å². The average Bonchev–Trinajstić information content (AvgIpc) is 2.31. The molecule has 0 aliphatic heterocycles. The molecule has 0 saturated heterocycles. The molecule has 1 aromatic carbocycles. The molecular formula is C12H14ClNO4. The normalized spacial score (nSPS) is 13.5. The zero-order valence-electron chi connectivity index (χ0n) is 10.0. The summed E-state index contributed by atoms with van der Waals surface area (Å²) in [6.45, 7) is 2.92. The van der Waals surface area contributed by atoms with Gasteiger partial charge in [0.2, 0.25) is 0 Å². The van der Waals surface area contributed by atoms with Crippen molar-refractivity contribution in [3.8, 4) is 5.75 Å². The lowest BCUT2D eigenvalue weighted by atomic mass is 10.3. The van der Waals surface area contributed by atoms with Crippen molar-refractivity contribution in [3.05, 3.63) is 29.3 Å². The Bertz CT molecular complexity index is 432. The molecule has 1 aromatic rings. The summed E-state index contributed by atoms with van der Waals surface area (Å²) >= 11 is 5.71. The van der Waals surface area contributed by atoms with Crippen molar-refractivity contribution < 1.29 is 19.4 Å². The monoisotopic (exact) mass is 271 g/mol. The number of carbonyl (C=O) groups excluding carboxylic acids is 1. The van der Waals surface area contributed by atoms with Gasteiger partial charge in [0.15, 0.2) is 6.10 Å². The first-order valence-corrected chi connectivity index (χ1v) is 5.73. The number of carboxylic acid groups (broad SMARTS) is 1. The summed E-state index contributed by atoms with van der Waals surface area (Å²) in [4.78, 5) is 22.2. The Morgan fingerprint density at radius 2 is 1.83 bits per heavy atom. The van der Waals surface area contributed by atoms with Gasteiger partial charge in [-0.05, 0) is 38.1 Å². The first kappa shape index (κ1) is 14.3. The number of rotatable bonds is 5. The van der Waals surface area contributed by atoms with E-state index >= 15 is 0 Å². The van der Waals surface area contributed by atoms with Crippen LogP contribution in [0.1, 0.15) is 13.8 Å². The van der Waals surface area contributed by atoms with Crippen molar-refractivity contribution in [2.45, 2.75) is 26.0 Å². The van der Waals surface area contributed by atoms with E-state index in [4.69, 9.17) is 21.4 Å². The van der Waals surface area contributed by atoms with Crippen LogP contribution >= 0.6 is 11.6 Å². The van der Waals surface area contributed by atoms with Crippen molar-refractivity contribution in [1.82, 2.24) is 5.32 Å². The van der Waals surface area contributed by atoms with E-state index in [0.29, 0.717) is 10.8 Å². The quantitative estimate of drug-likeness (QED) is 0.855. The summed E-state index contributed by atoms with van der Waals surface area (Å²) in [5.41, 5.74) is 0. The van der Waals surface area contributed by atoms with Gasteiger partial charge < -0.3 is 15.2 Å². The number of carboxylic acids is 1. The van der Waals surface area contributed by atoms with Crippen LogP contribution < -0.4 is 10.1 Å². The van der Waals surface area contributed by atoms with Gasteiger partial charge in [-0.3, -0.25) is 9.59 Å². The predicted octanol–water partition coefficient (Wildman–Crippen LogP) is 1.70. The van der Waals surface area contributed by atoms with Gasteiger partial charge in [0.25, 0.3) is 5.91 Å². The molecule has 2 N–H and O–H groups in total. The van der Waals surface area contributed by atoms with Crippen molar-refractivity contribution in [3.63, 3.8) is 0 Å². The van der Waals surface area contributed by atoms with E-state index in [9.17, 15) is 9.59 Å². The Balaban J connectivity index is 2.54. The highest BCUT2D eigenvalue weighted by molar-refractivity contribution is 6.30. The van der Waals surface area contributed by atoms with Crippen LogP contribution in [0.3, 0.4) is 0 Å². The molecule has 0 aliphatic carbocycles. The van der Waals surface area contributed by atoms with Gasteiger partial charge in [0.1, 0.15) is 11.8 Å². The van der Waals surface area contributed by atoms with Crippen molar-refractivity contribution in [2.24, 2.45) is 0 Å². The number of amides is 1. The molecule has 1 rings (SSSR count). The molecule has 0 aliphatic rings. The van der Waals surface area contributed by atoms with Crippen LogP contribution in [0, 0.1) is 0 Å². The van der Waals surface area contributed by atoms with E-state index in [2.05, 4.69) is 5.32 Å². The van der Waals surface area contributed by atoms with Gasteiger partial charge in [-0.15, -0.1) is 0 Å². The van der Waals surface area contributed by atoms with Crippen LogP contribution in [-0.4, -0.2) is 29.1 Å². The molecule has 0 heterocycles. The Hall–Kier alpha value is -1.75. The lowest BCUT2D eigenvalue weighted by molar-refractivity contribution is -0.142. The molecule has 0 spiro atoms. The Labute approximate surface area is 110 Å². The lowest BCUT2D eigenvalue weighted by Gasteiger charge is -2.16. The molecule has 0 fully saturated rings. The Kier molecular flexibility index (Phi) is 4.97. The van der Waals surface area contributed by atoms with Crippen molar-refractivity contribution in [1.29, 1.82) is 0 Å². The maximum absolute atomic E-state index is 11.6. The van der Waals surface area contributed by atoms with E-state index in [1.54, 1.807) is 31.2 Å². The number of halogens is 1. The van der Waals surface area contributed by atoms with Crippen LogP contribution in [0.4, 0.5) is 0 Å². The van der Waals surface area contributed by atoms with E-state index in [0.717, 1.165) is 0 Å². The third kappa shape index (κ3) is 4.25. The van der Waals surface area contributed by atoms with Crippen LogP contribution in [0.15, 0.2) is 24.3 Å². The van der Waals surface area contributed by atoms with Crippen LogP contribution in [0.5, 0.6) is 5.75 Å². The number of aliphatic carboxylic acids is 1. The van der Waals surface area contributed by atoms with Crippen molar-refractivity contribution in [2.75, 3.05) is 0 Å². The standard InChI is InChI=1S/C12H14ClNO4/c1-7(12(16)17)14-11(15)8(2)18-10-5-3-9(13)4-6-10/h3-8H,1-2H3,(H,14,15)(H,16,17)/t7-,8?/m0/s1. The third-order valence-electron chi connectivity index (χ3n) is 2.22. The average molecular weight is 272 g/mol. The molecular weight excluding hydrogens is 258 g/mol. The minimum Gasteiger partial charge on any atom is -0.481 e. The Morgan fingerprint density at radius 3 is 2.33 bits per heavy atom. The van der Waals surface area contributed by atoms with Gasteiger partial charge in [-0.1, -0.05) is 11.6 Å². The zero-order chi connectivity index (χ0) is 13.7. The number of hydrogen-bond donors (Lipinski definition) is 2. The second-order valence-electron chi connectivity index (χ2n) is 3.78. The summed E-state index contributed by atoms with van der Waals surface area (Å²) in [6, 6.07) is 5.59. The summed E-state index contributed by atoms with van der Waals surface area (Å²) in [7, 11) is 0. The highest BCUT2D eigenvalue weighted by atomic mass is 35.5. The molecule has 0 bridgehead atoms. The predicted molar refractivity (Wildman–Crippen MR) is 66.8 cm³/mol.